The zero-order chi connectivity index (χ0) is 15.1. The molecule has 108 valence electrons. The van der Waals surface area contributed by atoms with Crippen LogP contribution in [0.2, 0.25) is 0 Å². The van der Waals surface area contributed by atoms with Crippen LogP contribution in [0.5, 0.6) is 0 Å². The molecule has 0 fully saturated rings. The van der Waals surface area contributed by atoms with Crippen molar-refractivity contribution in [3.63, 3.8) is 0 Å². The number of ether oxygens (including phenoxy) is 1. The Balaban J connectivity index is 1.75. The Hall–Kier alpha value is -2.49. The third-order valence-electron chi connectivity index (χ3n) is 2.97. The lowest BCUT2D eigenvalue weighted by molar-refractivity contribution is -0.144. The van der Waals surface area contributed by atoms with Crippen LogP contribution in [0, 0.1) is 5.82 Å². The molecule has 0 radical (unpaired) electrons. The molecular formula is C17H15FO3. The quantitative estimate of drug-likeness (QED) is 0.602. The maximum Gasteiger partial charge on any atom is 0.306 e. The van der Waals surface area contributed by atoms with Gasteiger partial charge in [-0.3, -0.25) is 9.59 Å². The number of rotatable bonds is 6. The van der Waals surface area contributed by atoms with Gasteiger partial charge in [0.25, 0.3) is 0 Å². The van der Waals surface area contributed by atoms with Gasteiger partial charge in [0.2, 0.25) is 0 Å². The zero-order valence-corrected chi connectivity index (χ0v) is 11.4. The van der Waals surface area contributed by atoms with Gasteiger partial charge in [-0.25, -0.2) is 4.39 Å². The van der Waals surface area contributed by atoms with E-state index in [0.29, 0.717) is 11.1 Å². The molecule has 0 unspecified atom stereocenters. The number of halogens is 1. The molecule has 0 atom stereocenters. The molecule has 2 aromatic rings. The topological polar surface area (TPSA) is 43.4 Å². The molecule has 0 saturated heterocycles. The predicted octanol–water partition coefficient (Wildman–Crippen LogP) is 3.53. The molecule has 0 aromatic heterocycles. The minimum atomic E-state index is -0.441. The highest BCUT2D eigenvalue weighted by Gasteiger charge is 2.10. The Kier molecular flexibility index (Phi) is 5.21. The zero-order valence-electron chi connectivity index (χ0n) is 11.4. The van der Waals surface area contributed by atoms with E-state index in [9.17, 15) is 14.0 Å². The number of carbonyl (C=O) groups excluding carboxylic acids is 2. The number of benzene rings is 2. The van der Waals surface area contributed by atoms with E-state index >= 15 is 0 Å². The van der Waals surface area contributed by atoms with Crippen molar-refractivity contribution in [2.45, 2.75) is 19.4 Å². The van der Waals surface area contributed by atoms with Gasteiger partial charge in [-0.15, -0.1) is 0 Å². The van der Waals surface area contributed by atoms with Crippen molar-refractivity contribution in [2.24, 2.45) is 0 Å². The third kappa shape index (κ3) is 4.84. The molecule has 3 nitrogen and oxygen atoms in total. The van der Waals surface area contributed by atoms with Crippen molar-refractivity contribution in [3.8, 4) is 0 Å². The van der Waals surface area contributed by atoms with Crippen molar-refractivity contribution in [1.82, 2.24) is 0 Å². The first kappa shape index (κ1) is 14.9. The Labute approximate surface area is 122 Å². The summed E-state index contributed by atoms with van der Waals surface area (Å²) in [6.07, 6.45) is 0.154. The van der Waals surface area contributed by atoms with Crippen LogP contribution in [0.3, 0.4) is 0 Å². The Morgan fingerprint density at radius 1 is 0.905 bits per heavy atom. The highest BCUT2D eigenvalue weighted by atomic mass is 19.1. The Morgan fingerprint density at radius 2 is 1.57 bits per heavy atom. The first-order valence-electron chi connectivity index (χ1n) is 6.63. The molecule has 0 aliphatic rings. The van der Waals surface area contributed by atoms with Gasteiger partial charge in [0.15, 0.2) is 5.78 Å². The monoisotopic (exact) mass is 286 g/mol. The van der Waals surface area contributed by atoms with Crippen LogP contribution in [-0.2, 0) is 16.1 Å². The highest BCUT2D eigenvalue weighted by molar-refractivity contribution is 5.97. The maximum absolute atomic E-state index is 12.7. The van der Waals surface area contributed by atoms with Crippen molar-refractivity contribution >= 4 is 11.8 Å². The van der Waals surface area contributed by atoms with E-state index < -0.39 is 5.97 Å². The van der Waals surface area contributed by atoms with Crippen LogP contribution >= 0.6 is 0 Å². The molecule has 0 saturated carbocycles. The van der Waals surface area contributed by atoms with E-state index in [1.165, 1.54) is 12.1 Å². The average molecular weight is 286 g/mol. The summed E-state index contributed by atoms with van der Waals surface area (Å²) in [6.45, 7) is 0.0820. The molecule has 2 aromatic carbocycles. The lowest BCUT2D eigenvalue weighted by atomic mass is 10.1. The van der Waals surface area contributed by atoms with E-state index in [4.69, 9.17) is 4.74 Å². The standard InChI is InChI=1S/C17H15FO3/c18-15-8-6-13(7-9-15)12-21-17(20)11-10-16(19)14-4-2-1-3-5-14/h1-9H,10-12H2. The minimum Gasteiger partial charge on any atom is -0.461 e. The van der Waals surface area contributed by atoms with Crippen molar-refractivity contribution in [3.05, 3.63) is 71.5 Å². The Morgan fingerprint density at radius 3 is 2.24 bits per heavy atom. The summed E-state index contributed by atoms with van der Waals surface area (Å²) in [6, 6.07) is 14.5. The molecule has 0 heterocycles. The fraction of sp³-hybridized carbons (Fsp3) is 0.176. The third-order valence-corrected chi connectivity index (χ3v) is 2.97. The summed E-state index contributed by atoms with van der Waals surface area (Å²) in [7, 11) is 0. The van der Waals surface area contributed by atoms with Crippen molar-refractivity contribution in [2.75, 3.05) is 0 Å². The fourth-order valence-electron chi connectivity index (χ4n) is 1.80. The van der Waals surface area contributed by atoms with E-state index in [1.807, 2.05) is 6.07 Å². The van der Waals surface area contributed by atoms with Crippen LogP contribution in [-0.4, -0.2) is 11.8 Å². The van der Waals surface area contributed by atoms with Gasteiger partial charge in [-0.1, -0.05) is 42.5 Å². The molecular weight excluding hydrogens is 271 g/mol. The van der Waals surface area contributed by atoms with Gasteiger partial charge in [0, 0.05) is 12.0 Å². The molecule has 0 aliphatic heterocycles. The molecule has 4 heteroatoms. The second-order valence-corrected chi connectivity index (χ2v) is 4.58. The van der Waals surface area contributed by atoms with Crippen LogP contribution in [0.1, 0.15) is 28.8 Å². The largest absolute Gasteiger partial charge is 0.461 e. The first-order valence-corrected chi connectivity index (χ1v) is 6.63. The summed E-state index contributed by atoms with van der Waals surface area (Å²) >= 11 is 0. The number of carbonyl (C=O) groups is 2. The smallest absolute Gasteiger partial charge is 0.306 e. The predicted molar refractivity (Wildman–Crippen MR) is 76.2 cm³/mol. The normalized spacial score (nSPS) is 10.1. The van der Waals surface area contributed by atoms with Gasteiger partial charge in [-0.2, -0.15) is 0 Å². The second-order valence-electron chi connectivity index (χ2n) is 4.58. The van der Waals surface area contributed by atoms with E-state index in [1.54, 1.807) is 36.4 Å². The Bertz CT molecular complexity index is 606. The summed E-state index contributed by atoms with van der Waals surface area (Å²) in [4.78, 5) is 23.4. The lowest BCUT2D eigenvalue weighted by Crippen LogP contribution is -2.08. The van der Waals surface area contributed by atoms with Gasteiger partial charge in [0.05, 0.1) is 6.42 Å². The van der Waals surface area contributed by atoms with Crippen LogP contribution < -0.4 is 0 Å². The summed E-state index contributed by atoms with van der Waals surface area (Å²) in [5, 5.41) is 0. The average Bonchev–Trinajstić information content (AvgIpc) is 2.53. The summed E-state index contributed by atoms with van der Waals surface area (Å²) < 4.78 is 17.8. The van der Waals surface area contributed by atoms with E-state index in [2.05, 4.69) is 0 Å². The number of hydrogen-bond donors (Lipinski definition) is 0. The van der Waals surface area contributed by atoms with Crippen LogP contribution in [0.15, 0.2) is 54.6 Å². The number of esters is 1. The van der Waals surface area contributed by atoms with Crippen molar-refractivity contribution < 1.29 is 18.7 Å². The second kappa shape index (κ2) is 7.33. The highest BCUT2D eigenvalue weighted by Crippen LogP contribution is 2.08. The molecule has 0 bridgehead atoms. The van der Waals surface area contributed by atoms with Crippen molar-refractivity contribution in [1.29, 1.82) is 0 Å². The first-order chi connectivity index (χ1) is 10.1. The summed E-state index contributed by atoms with van der Waals surface area (Å²) in [5.41, 5.74) is 1.29. The van der Waals surface area contributed by atoms with E-state index in [-0.39, 0.29) is 31.0 Å². The SMILES string of the molecule is O=C(CCC(=O)c1ccccc1)OCc1ccc(F)cc1. The van der Waals surface area contributed by atoms with Crippen LogP contribution in [0.4, 0.5) is 4.39 Å². The van der Waals surface area contributed by atoms with Gasteiger partial charge in [0.1, 0.15) is 12.4 Å². The lowest BCUT2D eigenvalue weighted by Gasteiger charge is -2.05. The van der Waals surface area contributed by atoms with Gasteiger partial charge >= 0.3 is 5.97 Å². The number of ketones is 1. The number of hydrogen-bond acceptors (Lipinski definition) is 3. The molecule has 21 heavy (non-hydrogen) atoms. The van der Waals surface area contributed by atoms with Gasteiger partial charge < -0.3 is 4.74 Å². The number of Topliss-reactive ketones (excluding diaryl/α,β-unsaturated/α-hetero) is 1. The molecule has 0 amide bonds. The maximum atomic E-state index is 12.7. The molecule has 0 aliphatic carbocycles. The fourth-order valence-corrected chi connectivity index (χ4v) is 1.80. The van der Waals surface area contributed by atoms with E-state index in [0.717, 1.165) is 0 Å². The van der Waals surface area contributed by atoms with Crippen LogP contribution in [0.25, 0.3) is 0 Å². The molecule has 0 spiro atoms. The molecule has 0 N–H and O–H groups in total. The summed E-state index contributed by atoms with van der Waals surface area (Å²) in [5.74, 6) is -0.864. The minimum absolute atomic E-state index is 0.0366. The van der Waals surface area contributed by atoms with Gasteiger partial charge in [-0.05, 0) is 17.7 Å². The molecule has 2 rings (SSSR count).